The van der Waals surface area contributed by atoms with Crippen LogP contribution in [0.1, 0.15) is 5.56 Å². The molecule has 1 heterocycles. The number of hydrogen-bond donors (Lipinski definition) is 1. The van der Waals surface area contributed by atoms with Crippen molar-refractivity contribution in [3.8, 4) is 0 Å². The number of methoxy groups -OCH3 is 1. The lowest BCUT2D eigenvalue weighted by Gasteiger charge is -2.02. The van der Waals surface area contributed by atoms with Crippen LogP contribution in [0.25, 0.3) is 0 Å². The average molecular weight is 183 g/mol. The van der Waals surface area contributed by atoms with Crippen molar-refractivity contribution in [3.05, 3.63) is 24.0 Å². The topological polar surface area (TPSA) is 51.3 Å². The molecular weight excluding hydrogens is 170 g/mol. The van der Waals surface area contributed by atoms with Crippen molar-refractivity contribution in [1.29, 1.82) is 0 Å². The van der Waals surface area contributed by atoms with Gasteiger partial charge < -0.3 is 14.5 Å². The zero-order valence-corrected chi connectivity index (χ0v) is 7.58. The first-order valence-electron chi connectivity index (χ1n) is 4.09. The summed E-state index contributed by atoms with van der Waals surface area (Å²) in [5.74, 6) is -0.225. The minimum Gasteiger partial charge on any atom is -0.463 e. The summed E-state index contributed by atoms with van der Waals surface area (Å²) < 4.78 is 9.62. The zero-order valence-electron chi connectivity index (χ0n) is 7.58. The van der Waals surface area contributed by atoms with Gasteiger partial charge in [0.1, 0.15) is 6.61 Å². The maximum atomic E-state index is 11.1. The number of carbonyl (C=O) groups excluding carboxylic acids is 1. The van der Waals surface area contributed by atoms with Crippen molar-refractivity contribution in [1.82, 2.24) is 4.98 Å². The van der Waals surface area contributed by atoms with Crippen LogP contribution in [0.3, 0.4) is 0 Å². The van der Waals surface area contributed by atoms with Gasteiger partial charge in [-0.2, -0.15) is 0 Å². The molecule has 1 N–H and O–H groups in total. The normalized spacial score (nSPS) is 9.92. The Labute approximate surface area is 76.9 Å². The van der Waals surface area contributed by atoms with E-state index in [1.165, 1.54) is 0 Å². The van der Waals surface area contributed by atoms with Crippen molar-refractivity contribution in [2.75, 3.05) is 20.3 Å². The summed E-state index contributed by atoms with van der Waals surface area (Å²) in [5.41, 5.74) is 0.933. The molecule has 0 spiro atoms. The first kappa shape index (κ1) is 9.80. The van der Waals surface area contributed by atoms with E-state index in [1.807, 2.05) is 6.07 Å². The molecule has 1 aromatic heterocycles. The Balaban J connectivity index is 2.18. The van der Waals surface area contributed by atoms with E-state index in [9.17, 15) is 4.79 Å². The van der Waals surface area contributed by atoms with Crippen molar-refractivity contribution >= 4 is 5.97 Å². The summed E-state index contributed by atoms with van der Waals surface area (Å²) in [4.78, 5) is 14.0. The zero-order chi connectivity index (χ0) is 9.52. The Hall–Kier alpha value is -1.29. The number of nitrogens with one attached hydrogen (secondary N) is 1. The second-order valence-electron chi connectivity index (χ2n) is 2.61. The van der Waals surface area contributed by atoms with Gasteiger partial charge in [-0.05, 0) is 11.6 Å². The lowest BCUT2D eigenvalue weighted by atomic mass is 10.2. The van der Waals surface area contributed by atoms with Gasteiger partial charge in [-0.15, -0.1) is 0 Å². The Morgan fingerprint density at radius 1 is 1.54 bits per heavy atom. The fourth-order valence-corrected chi connectivity index (χ4v) is 0.925. The third-order valence-corrected chi connectivity index (χ3v) is 1.56. The van der Waals surface area contributed by atoms with E-state index < -0.39 is 0 Å². The number of ether oxygens (including phenoxy) is 2. The molecule has 72 valence electrons. The van der Waals surface area contributed by atoms with E-state index in [-0.39, 0.29) is 5.97 Å². The molecule has 0 aliphatic rings. The minimum atomic E-state index is -0.225. The molecule has 0 bridgehead atoms. The number of aromatic amines is 1. The van der Waals surface area contributed by atoms with Gasteiger partial charge in [0.2, 0.25) is 0 Å². The van der Waals surface area contributed by atoms with Gasteiger partial charge in [-0.25, -0.2) is 0 Å². The van der Waals surface area contributed by atoms with E-state index >= 15 is 0 Å². The third kappa shape index (κ3) is 3.75. The number of aromatic nitrogens is 1. The summed E-state index contributed by atoms with van der Waals surface area (Å²) in [5, 5.41) is 0. The predicted octanol–water partition coefficient (Wildman–Crippen LogP) is 0.747. The lowest BCUT2D eigenvalue weighted by Crippen LogP contribution is -2.11. The molecule has 0 aliphatic carbocycles. The fraction of sp³-hybridized carbons (Fsp3) is 0.444. The van der Waals surface area contributed by atoms with Gasteiger partial charge in [-0.3, -0.25) is 4.79 Å². The third-order valence-electron chi connectivity index (χ3n) is 1.56. The Bertz CT molecular complexity index is 243. The predicted molar refractivity (Wildman–Crippen MR) is 47.3 cm³/mol. The molecule has 0 aromatic carbocycles. The van der Waals surface area contributed by atoms with Crippen LogP contribution in [0.4, 0.5) is 0 Å². The minimum absolute atomic E-state index is 0.225. The Morgan fingerprint density at radius 2 is 2.38 bits per heavy atom. The SMILES string of the molecule is COCCOC(=O)Cc1cc[nH]c1. The van der Waals surface area contributed by atoms with E-state index in [4.69, 9.17) is 9.47 Å². The maximum Gasteiger partial charge on any atom is 0.310 e. The summed E-state index contributed by atoms with van der Waals surface area (Å²) in [6, 6.07) is 1.84. The number of carbonyl (C=O) groups is 1. The van der Waals surface area contributed by atoms with Gasteiger partial charge >= 0.3 is 5.97 Å². The van der Waals surface area contributed by atoms with E-state index in [0.717, 1.165) is 5.56 Å². The fourth-order valence-electron chi connectivity index (χ4n) is 0.925. The highest BCUT2D eigenvalue weighted by atomic mass is 16.6. The summed E-state index contributed by atoms with van der Waals surface area (Å²) >= 11 is 0. The Morgan fingerprint density at radius 3 is 3.00 bits per heavy atom. The first-order valence-corrected chi connectivity index (χ1v) is 4.09. The molecule has 0 unspecified atom stereocenters. The van der Waals surface area contributed by atoms with Crippen LogP contribution in [0.2, 0.25) is 0 Å². The largest absolute Gasteiger partial charge is 0.463 e. The summed E-state index contributed by atoms with van der Waals surface area (Å²) in [7, 11) is 1.57. The molecule has 4 heteroatoms. The Kier molecular flexibility index (Phi) is 4.05. The summed E-state index contributed by atoms with van der Waals surface area (Å²) in [6.45, 7) is 0.763. The van der Waals surface area contributed by atoms with Gasteiger partial charge in [0.05, 0.1) is 13.0 Å². The smallest absolute Gasteiger partial charge is 0.310 e. The van der Waals surface area contributed by atoms with Crippen molar-refractivity contribution < 1.29 is 14.3 Å². The standard InChI is InChI=1S/C9H13NO3/c1-12-4-5-13-9(11)6-8-2-3-10-7-8/h2-3,7,10H,4-6H2,1H3. The highest BCUT2D eigenvalue weighted by molar-refractivity contribution is 5.72. The van der Waals surface area contributed by atoms with Crippen LogP contribution in [0.5, 0.6) is 0 Å². The molecular formula is C9H13NO3. The van der Waals surface area contributed by atoms with Crippen LogP contribution in [0.15, 0.2) is 18.5 Å². The van der Waals surface area contributed by atoms with Gasteiger partial charge in [0.25, 0.3) is 0 Å². The first-order chi connectivity index (χ1) is 6.33. The summed E-state index contributed by atoms with van der Waals surface area (Å²) in [6.07, 6.45) is 3.86. The monoisotopic (exact) mass is 183 g/mol. The number of hydrogen-bond acceptors (Lipinski definition) is 3. The van der Waals surface area contributed by atoms with E-state index in [0.29, 0.717) is 19.6 Å². The highest BCUT2D eigenvalue weighted by Gasteiger charge is 2.03. The number of esters is 1. The van der Waals surface area contributed by atoms with Gasteiger partial charge in [0.15, 0.2) is 0 Å². The molecule has 0 saturated heterocycles. The molecule has 13 heavy (non-hydrogen) atoms. The van der Waals surface area contributed by atoms with Gasteiger partial charge in [0, 0.05) is 19.5 Å². The van der Waals surface area contributed by atoms with E-state index in [2.05, 4.69) is 4.98 Å². The van der Waals surface area contributed by atoms with Crippen molar-refractivity contribution in [2.24, 2.45) is 0 Å². The van der Waals surface area contributed by atoms with Crippen LogP contribution >= 0.6 is 0 Å². The molecule has 0 fully saturated rings. The lowest BCUT2D eigenvalue weighted by molar-refractivity contribution is -0.144. The quantitative estimate of drug-likeness (QED) is 0.541. The second-order valence-corrected chi connectivity index (χ2v) is 2.61. The number of rotatable bonds is 5. The second kappa shape index (κ2) is 5.37. The van der Waals surface area contributed by atoms with Crippen molar-refractivity contribution in [2.45, 2.75) is 6.42 Å². The van der Waals surface area contributed by atoms with Crippen molar-refractivity contribution in [3.63, 3.8) is 0 Å². The molecule has 1 rings (SSSR count). The molecule has 0 radical (unpaired) electrons. The van der Waals surface area contributed by atoms with E-state index in [1.54, 1.807) is 19.5 Å². The van der Waals surface area contributed by atoms with Crippen LogP contribution in [0, 0.1) is 0 Å². The van der Waals surface area contributed by atoms with Crippen LogP contribution in [-0.2, 0) is 20.7 Å². The average Bonchev–Trinajstić information content (AvgIpc) is 2.57. The molecule has 0 atom stereocenters. The maximum absolute atomic E-state index is 11.1. The van der Waals surface area contributed by atoms with Gasteiger partial charge in [-0.1, -0.05) is 0 Å². The number of H-pyrrole nitrogens is 1. The van der Waals surface area contributed by atoms with Crippen LogP contribution in [-0.4, -0.2) is 31.3 Å². The molecule has 0 saturated carbocycles. The molecule has 1 aromatic rings. The molecule has 0 amide bonds. The molecule has 0 aliphatic heterocycles. The van der Waals surface area contributed by atoms with Crippen LogP contribution < -0.4 is 0 Å². The highest BCUT2D eigenvalue weighted by Crippen LogP contribution is 1.98. The molecule has 4 nitrogen and oxygen atoms in total.